The Bertz CT molecular complexity index is 167. The van der Waals surface area contributed by atoms with Crippen molar-refractivity contribution in [2.45, 2.75) is 31.9 Å². The fraction of sp³-hybridized carbons (Fsp3) is 1.00. The first-order chi connectivity index (χ1) is 5.73. The molecule has 0 aromatic heterocycles. The van der Waals surface area contributed by atoms with Gasteiger partial charge in [-0.25, -0.2) is 0 Å². The summed E-state index contributed by atoms with van der Waals surface area (Å²) in [5.41, 5.74) is 0.704. The van der Waals surface area contributed by atoms with Gasteiger partial charge in [0.15, 0.2) is 0 Å². The predicted molar refractivity (Wildman–Crippen MR) is 55.6 cm³/mol. The Morgan fingerprint density at radius 2 is 2.25 bits per heavy atom. The average molecular weight is 185 g/mol. The van der Waals surface area contributed by atoms with Crippen molar-refractivity contribution in [3.8, 4) is 0 Å². The number of hydrogen-bond acceptors (Lipinski definition) is 2. The van der Waals surface area contributed by atoms with Gasteiger partial charge in [-0.3, -0.25) is 0 Å². The fourth-order valence-electron chi connectivity index (χ4n) is 2.64. The van der Waals surface area contributed by atoms with E-state index in [0.29, 0.717) is 5.41 Å². The van der Waals surface area contributed by atoms with E-state index in [0.717, 1.165) is 11.2 Å². The molecule has 1 spiro atoms. The number of piperidine rings is 1. The number of rotatable bonds is 0. The molecule has 0 aliphatic carbocycles. The van der Waals surface area contributed by atoms with E-state index in [1.165, 1.54) is 31.7 Å². The molecule has 3 unspecified atom stereocenters. The molecule has 12 heavy (non-hydrogen) atoms. The Morgan fingerprint density at radius 3 is 2.83 bits per heavy atom. The topological polar surface area (TPSA) is 12.0 Å². The molecular weight excluding hydrogens is 166 g/mol. The highest BCUT2D eigenvalue weighted by atomic mass is 32.2. The highest BCUT2D eigenvalue weighted by Gasteiger charge is 2.43. The van der Waals surface area contributed by atoms with Gasteiger partial charge in [0.25, 0.3) is 0 Å². The summed E-state index contributed by atoms with van der Waals surface area (Å²) in [6.45, 7) is 7.30. The maximum Gasteiger partial charge on any atom is 0.00246 e. The van der Waals surface area contributed by atoms with Gasteiger partial charge in [0.05, 0.1) is 0 Å². The van der Waals surface area contributed by atoms with Gasteiger partial charge in [-0.2, -0.15) is 11.8 Å². The summed E-state index contributed by atoms with van der Waals surface area (Å²) in [7, 11) is 0. The maximum absolute atomic E-state index is 3.49. The Labute approximate surface area is 79.7 Å². The average Bonchev–Trinajstić information content (AvgIpc) is 2.41. The quantitative estimate of drug-likeness (QED) is 0.620. The molecule has 3 atom stereocenters. The van der Waals surface area contributed by atoms with Crippen molar-refractivity contribution in [3.63, 3.8) is 0 Å². The van der Waals surface area contributed by atoms with Crippen LogP contribution in [0.5, 0.6) is 0 Å². The van der Waals surface area contributed by atoms with E-state index < -0.39 is 0 Å². The van der Waals surface area contributed by atoms with Gasteiger partial charge < -0.3 is 5.32 Å². The normalized spacial score (nSPS) is 48.5. The molecule has 2 heterocycles. The van der Waals surface area contributed by atoms with Gasteiger partial charge in [0.1, 0.15) is 0 Å². The number of nitrogens with one attached hydrogen (secondary N) is 1. The predicted octanol–water partition coefficient (Wildman–Crippen LogP) is 2.13. The van der Waals surface area contributed by atoms with Crippen molar-refractivity contribution in [2.24, 2.45) is 11.3 Å². The summed E-state index contributed by atoms with van der Waals surface area (Å²) >= 11 is 2.18. The van der Waals surface area contributed by atoms with Crippen LogP contribution in [0.25, 0.3) is 0 Å². The zero-order valence-electron chi connectivity index (χ0n) is 8.10. The van der Waals surface area contributed by atoms with E-state index in [9.17, 15) is 0 Å². The molecule has 0 aromatic carbocycles. The zero-order chi connectivity index (χ0) is 8.60. The molecule has 2 heteroatoms. The third-order valence-electron chi connectivity index (χ3n) is 3.64. The van der Waals surface area contributed by atoms with E-state index in [1.807, 2.05) is 0 Å². The molecule has 1 N–H and O–H groups in total. The molecular formula is C10H19NS. The van der Waals surface area contributed by atoms with Crippen molar-refractivity contribution in [1.29, 1.82) is 0 Å². The molecule has 70 valence electrons. The minimum absolute atomic E-state index is 0.704. The fourth-order valence-corrected chi connectivity index (χ4v) is 4.25. The van der Waals surface area contributed by atoms with Crippen molar-refractivity contribution in [2.75, 3.05) is 18.8 Å². The molecule has 2 aliphatic rings. The van der Waals surface area contributed by atoms with Crippen LogP contribution in [0.1, 0.15) is 26.7 Å². The van der Waals surface area contributed by atoms with Crippen molar-refractivity contribution < 1.29 is 0 Å². The second-order valence-corrected chi connectivity index (χ2v) is 5.97. The van der Waals surface area contributed by atoms with E-state index in [2.05, 4.69) is 30.9 Å². The van der Waals surface area contributed by atoms with Crippen LogP contribution in [0.15, 0.2) is 0 Å². The van der Waals surface area contributed by atoms with Gasteiger partial charge in [-0.1, -0.05) is 13.8 Å². The van der Waals surface area contributed by atoms with E-state index in [-0.39, 0.29) is 0 Å². The van der Waals surface area contributed by atoms with E-state index in [1.54, 1.807) is 0 Å². The molecule has 2 rings (SSSR count). The maximum atomic E-state index is 3.49. The highest BCUT2D eigenvalue weighted by molar-refractivity contribution is 8.00. The second-order valence-electron chi connectivity index (χ2n) is 4.54. The lowest BCUT2D eigenvalue weighted by molar-refractivity contribution is 0.147. The van der Waals surface area contributed by atoms with Crippen molar-refractivity contribution >= 4 is 11.8 Å². The summed E-state index contributed by atoms with van der Waals surface area (Å²) in [5.74, 6) is 2.31. The van der Waals surface area contributed by atoms with Crippen molar-refractivity contribution in [3.05, 3.63) is 0 Å². The third-order valence-corrected chi connectivity index (χ3v) is 5.12. The molecule has 0 saturated carbocycles. The minimum atomic E-state index is 0.704. The van der Waals surface area contributed by atoms with Crippen LogP contribution in [0.4, 0.5) is 0 Å². The first kappa shape index (κ1) is 8.89. The Kier molecular flexibility index (Phi) is 2.39. The largest absolute Gasteiger partial charge is 0.316 e. The Balaban J connectivity index is 2.07. The van der Waals surface area contributed by atoms with Crippen LogP contribution < -0.4 is 5.32 Å². The highest BCUT2D eigenvalue weighted by Crippen LogP contribution is 2.49. The smallest absolute Gasteiger partial charge is 0.00246 e. The van der Waals surface area contributed by atoms with Gasteiger partial charge in [-0.15, -0.1) is 0 Å². The second kappa shape index (κ2) is 3.22. The summed E-state index contributed by atoms with van der Waals surface area (Å²) in [5, 5.41) is 4.40. The molecule has 2 aliphatic heterocycles. The number of thioether (sulfide) groups is 1. The monoisotopic (exact) mass is 185 g/mol. The van der Waals surface area contributed by atoms with Gasteiger partial charge in [-0.05, 0) is 43.0 Å². The molecule has 0 amide bonds. The molecule has 2 fully saturated rings. The summed E-state index contributed by atoms with van der Waals surface area (Å²) in [4.78, 5) is 0. The van der Waals surface area contributed by atoms with Gasteiger partial charge in [0.2, 0.25) is 0 Å². The molecule has 0 bridgehead atoms. The SMILES string of the molecule is CC1CC2(CCNCC2C)CS1. The van der Waals surface area contributed by atoms with Crippen LogP contribution in [0, 0.1) is 11.3 Å². The molecule has 1 nitrogen and oxygen atoms in total. The summed E-state index contributed by atoms with van der Waals surface area (Å²) in [6, 6.07) is 0. The van der Waals surface area contributed by atoms with Crippen LogP contribution in [0.3, 0.4) is 0 Å². The first-order valence-electron chi connectivity index (χ1n) is 5.05. The molecule has 0 radical (unpaired) electrons. The number of hydrogen-bond donors (Lipinski definition) is 1. The van der Waals surface area contributed by atoms with Crippen LogP contribution in [0.2, 0.25) is 0 Å². The standard InChI is InChI=1S/C10H19NS/c1-8-6-11-4-3-10(8)5-9(2)12-7-10/h8-9,11H,3-7H2,1-2H3. The lowest BCUT2D eigenvalue weighted by atomic mass is 9.70. The lowest BCUT2D eigenvalue weighted by Gasteiger charge is -2.39. The third kappa shape index (κ3) is 1.39. The summed E-state index contributed by atoms with van der Waals surface area (Å²) < 4.78 is 0. The Morgan fingerprint density at radius 1 is 1.42 bits per heavy atom. The van der Waals surface area contributed by atoms with Crippen LogP contribution >= 0.6 is 11.8 Å². The molecule has 0 aromatic rings. The minimum Gasteiger partial charge on any atom is -0.316 e. The van der Waals surface area contributed by atoms with Crippen LogP contribution in [-0.4, -0.2) is 24.1 Å². The first-order valence-corrected chi connectivity index (χ1v) is 6.10. The van der Waals surface area contributed by atoms with Gasteiger partial charge >= 0.3 is 0 Å². The summed E-state index contributed by atoms with van der Waals surface area (Å²) in [6.07, 6.45) is 2.87. The van der Waals surface area contributed by atoms with Crippen molar-refractivity contribution in [1.82, 2.24) is 5.32 Å². The van der Waals surface area contributed by atoms with E-state index in [4.69, 9.17) is 0 Å². The van der Waals surface area contributed by atoms with Crippen LogP contribution in [-0.2, 0) is 0 Å². The lowest BCUT2D eigenvalue weighted by Crippen LogP contribution is -2.44. The van der Waals surface area contributed by atoms with E-state index >= 15 is 0 Å². The zero-order valence-corrected chi connectivity index (χ0v) is 8.91. The molecule has 2 saturated heterocycles. The Hall–Kier alpha value is 0.310. The van der Waals surface area contributed by atoms with Gasteiger partial charge in [0, 0.05) is 5.25 Å².